The molecule has 0 saturated carbocycles. The van der Waals surface area contributed by atoms with Crippen molar-refractivity contribution < 1.29 is 23.5 Å². The van der Waals surface area contributed by atoms with Crippen molar-refractivity contribution in [3.63, 3.8) is 0 Å². The minimum absolute atomic E-state index is 0.0518. The topological polar surface area (TPSA) is 99.5 Å². The van der Waals surface area contributed by atoms with Crippen LogP contribution in [0.1, 0.15) is 16.8 Å². The first-order valence-corrected chi connectivity index (χ1v) is 10.5. The molecule has 2 amide bonds. The summed E-state index contributed by atoms with van der Waals surface area (Å²) in [6.07, 6.45) is 0.0518. The van der Waals surface area contributed by atoms with Gasteiger partial charge in [-0.2, -0.15) is 5.26 Å². The highest BCUT2D eigenvalue weighted by Crippen LogP contribution is 2.19. The van der Waals surface area contributed by atoms with Crippen LogP contribution in [-0.2, 0) is 14.3 Å². The standard InChI is InChI=1S/C26H22FN3O4/c27-22-11-13-23(14-12-22)30(16-4-15-28)24(31)18-34-25(32)17-29-26(33)21-9-7-20(8-10-21)19-5-2-1-3-6-19/h1-3,5-14H,4,16-18H2,(H,29,33). The number of halogens is 1. The lowest BCUT2D eigenvalue weighted by atomic mass is 10.0. The molecule has 0 aliphatic heterocycles. The Morgan fingerprint density at radius 2 is 1.56 bits per heavy atom. The van der Waals surface area contributed by atoms with E-state index in [-0.39, 0.29) is 13.0 Å². The molecule has 3 aromatic carbocycles. The van der Waals surface area contributed by atoms with E-state index in [1.165, 1.54) is 29.2 Å². The van der Waals surface area contributed by atoms with Gasteiger partial charge in [-0.3, -0.25) is 14.4 Å². The van der Waals surface area contributed by atoms with Gasteiger partial charge in [0, 0.05) is 17.8 Å². The van der Waals surface area contributed by atoms with Crippen LogP contribution in [0, 0.1) is 17.1 Å². The smallest absolute Gasteiger partial charge is 0.325 e. The van der Waals surface area contributed by atoms with Crippen LogP contribution in [0.5, 0.6) is 0 Å². The fourth-order valence-corrected chi connectivity index (χ4v) is 3.15. The average Bonchev–Trinajstić information content (AvgIpc) is 2.87. The van der Waals surface area contributed by atoms with Gasteiger partial charge in [0.1, 0.15) is 12.4 Å². The zero-order valence-corrected chi connectivity index (χ0v) is 18.2. The predicted octanol–water partition coefficient (Wildman–Crippen LogP) is 3.71. The van der Waals surface area contributed by atoms with E-state index in [1.54, 1.807) is 12.1 Å². The molecule has 0 saturated heterocycles. The number of anilines is 1. The molecule has 3 rings (SSSR count). The highest BCUT2D eigenvalue weighted by atomic mass is 19.1. The van der Waals surface area contributed by atoms with Crippen molar-refractivity contribution in [2.75, 3.05) is 24.6 Å². The number of rotatable bonds is 9. The summed E-state index contributed by atoms with van der Waals surface area (Å²) < 4.78 is 18.1. The van der Waals surface area contributed by atoms with E-state index in [1.807, 2.05) is 48.5 Å². The minimum atomic E-state index is -0.790. The van der Waals surface area contributed by atoms with Crippen molar-refractivity contribution in [3.8, 4) is 17.2 Å². The average molecular weight is 459 g/mol. The number of hydrogen-bond acceptors (Lipinski definition) is 5. The maximum absolute atomic E-state index is 13.2. The minimum Gasteiger partial charge on any atom is -0.454 e. The molecule has 172 valence electrons. The molecule has 0 heterocycles. The number of nitrogens with one attached hydrogen (secondary N) is 1. The molecule has 0 bridgehead atoms. The Bertz CT molecular complexity index is 1170. The fraction of sp³-hybridized carbons (Fsp3) is 0.154. The fourth-order valence-electron chi connectivity index (χ4n) is 3.15. The van der Waals surface area contributed by atoms with Gasteiger partial charge in [-0.1, -0.05) is 42.5 Å². The first-order chi connectivity index (χ1) is 16.5. The molecule has 3 aromatic rings. The number of esters is 1. The van der Waals surface area contributed by atoms with Gasteiger partial charge in [-0.25, -0.2) is 4.39 Å². The Balaban J connectivity index is 1.50. The van der Waals surface area contributed by atoms with Crippen LogP contribution in [0.15, 0.2) is 78.9 Å². The van der Waals surface area contributed by atoms with Gasteiger partial charge < -0.3 is 15.0 Å². The summed E-state index contributed by atoms with van der Waals surface area (Å²) in [5, 5.41) is 11.3. The number of amides is 2. The molecule has 1 N–H and O–H groups in total. The van der Waals surface area contributed by atoms with E-state index in [4.69, 9.17) is 10.00 Å². The Labute approximate surface area is 196 Å². The molecule has 0 aromatic heterocycles. The number of nitriles is 1. The molecule has 0 spiro atoms. The SMILES string of the molecule is N#CCCN(C(=O)COC(=O)CNC(=O)c1ccc(-c2ccccc2)cc1)c1ccc(F)cc1. The van der Waals surface area contributed by atoms with E-state index in [2.05, 4.69) is 5.32 Å². The quantitative estimate of drug-likeness (QED) is 0.492. The summed E-state index contributed by atoms with van der Waals surface area (Å²) in [5.41, 5.74) is 2.73. The van der Waals surface area contributed by atoms with E-state index < -0.39 is 36.8 Å². The number of benzene rings is 3. The van der Waals surface area contributed by atoms with Crippen molar-refractivity contribution >= 4 is 23.5 Å². The summed E-state index contributed by atoms with van der Waals surface area (Å²) in [6.45, 7) is -0.932. The van der Waals surface area contributed by atoms with E-state index in [0.717, 1.165) is 11.1 Å². The zero-order chi connectivity index (χ0) is 24.3. The Morgan fingerprint density at radius 3 is 2.21 bits per heavy atom. The molecule has 0 radical (unpaired) electrons. The zero-order valence-electron chi connectivity index (χ0n) is 18.2. The molecule has 0 fully saturated rings. The Hall–Kier alpha value is -4.51. The van der Waals surface area contributed by atoms with Crippen molar-refractivity contribution in [2.24, 2.45) is 0 Å². The second-order valence-electron chi connectivity index (χ2n) is 7.22. The molecule has 0 aliphatic rings. The van der Waals surface area contributed by atoms with Gasteiger partial charge in [0.2, 0.25) is 0 Å². The van der Waals surface area contributed by atoms with Crippen molar-refractivity contribution in [1.82, 2.24) is 5.32 Å². The van der Waals surface area contributed by atoms with Crippen LogP contribution in [0.3, 0.4) is 0 Å². The van der Waals surface area contributed by atoms with E-state index in [9.17, 15) is 18.8 Å². The van der Waals surface area contributed by atoms with Crippen LogP contribution in [-0.4, -0.2) is 37.5 Å². The first kappa shape index (κ1) is 24.1. The third kappa shape index (κ3) is 6.74. The van der Waals surface area contributed by atoms with Gasteiger partial charge in [0.25, 0.3) is 11.8 Å². The van der Waals surface area contributed by atoms with Crippen LogP contribution < -0.4 is 10.2 Å². The first-order valence-electron chi connectivity index (χ1n) is 10.5. The van der Waals surface area contributed by atoms with Gasteiger partial charge in [-0.05, 0) is 47.5 Å². The summed E-state index contributed by atoms with van der Waals surface area (Å²) in [7, 11) is 0. The number of nitrogens with zero attached hydrogens (tertiary/aromatic N) is 2. The monoisotopic (exact) mass is 459 g/mol. The summed E-state index contributed by atoms with van der Waals surface area (Å²) in [6, 6.07) is 23.7. The molecule has 0 atom stereocenters. The lowest BCUT2D eigenvalue weighted by Gasteiger charge is -2.21. The number of ether oxygens (including phenoxy) is 1. The van der Waals surface area contributed by atoms with Gasteiger partial charge >= 0.3 is 5.97 Å². The molecular formula is C26H22FN3O4. The van der Waals surface area contributed by atoms with Crippen LogP contribution in [0.25, 0.3) is 11.1 Å². The highest BCUT2D eigenvalue weighted by molar-refractivity contribution is 5.97. The highest BCUT2D eigenvalue weighted by Gasteiger charge is 2.18. The third-order valence-electron chi connectivity index (χ3n) is 4.89. The van der Waals surface area contributed by atoms with Crippen LogP contribution in [0.4, 0.5) is 10.1 Å². The summed E-state index contributed by atoms with van der Waals surface area (Å²) >= 11 is 0. The maximum atomic E-state index is 13.2. The lowest BCUT2D eigenvalue weighted by molar-refractivity contribution is -0.146. The molecule has 34 heavy (non-hydrogen) atoms. The Morgan fingerprint density at radius 1 is 0.912 bits per heavy atom. The normalized spacial score (nSPS) is 10.1. The van der Waals surface area contributed by atoms with E-state index in [0.29, 0.717) is 11.3 Å². The molecule has 8 heteroatoms. The van der Waals surface area contributed by atoms with Gasteiger partial charge in [-0.15, -0.1) is 0 Å². The van der Waals surface area contributed by atoms with Crippen molar-refractivity contribution in [2.45, 2.75) is 6.42 Å². The molecular weight excluding hydrogens is 437 g/mol. The summed E-state index contributed by atoms with van der Waals surface area (Å²) in [5.74, 6) is -2.28. The summed E-state index contributed by atoms with van der Waals surface area (Å²) in [4.78, 5) is 38.1. The van der Waals surface area contributed by atoms with E-state index >= 15 is 0 Å². The van der Waals surface area contributed by atoms with Crippen molar-refractivity contribution in [1.29, 1.82) is 5.26 Å². The molecule has 7 nitrogen and oxygen atoms in total. The molecule has 0 unspecified atom stereocenters. The van der Waals surface area contributed by atoms with Gasteiger partial charge in [0.15, 0.2) is 6.61 Å². The lowest BCUT2D eigenvalue weighted by Crippen LogP contribution is -2.37. The Kier molecular flexibility index (Phi) is 8.47. The molecule has 0 aliphatic carbocycles. The predicted molar refractivity (Wildman–Crippen MR) is 124 cm³/mol. The third-order valence-corrected chi connectivity index (χ3v) is 4.89. The second-order valence-corrected chi connectivity index (χ2v) is 7.22. The second kappa shape index (κ2) is 11.9. The maximum Gasteiger partial charge on any atom is 0.325 e. The number of carbonyl (C=O) groups is 3. The van der Waals surface area contributed by atoms with Crippen LogP contribution >= 0.6 is 0 Å². The van der Waals surface area contributed by atoms with Gasteiger partial charge in [0.05, 0.1) is 12.5 Å². The largest absolute Gasteiger partial charge is 0.454 e. The van der Waals surface area contributed by atoms with Crippen molar-refractivity contribution in [3.05, 3.63) is 90.2 Å². The van der Waals surface area contributed by atoms with Crippen LogP contribution in [0.2, 0.25) is 0 Å². The number of hydrogen-bond donors (Lipinski definition) is 1. The number of carbonyl (C=O) groups excluding carboxylic acids is 3.